The molecule has 2 aromatic rings. The average molecular weight is 412 g/mol. The van der Waals surface area contributed by atoms with Crippen molar-refractivity contribution in [1.82, 2.24) is 0 Å². The van der Waals surface area contributed by atoms with Crippen LogP contribution in [0.1, 0.15) is 18.9 Å². The van der Waals surface area contributed by atoms with E-state index in [1.807, 2.05) is 0 Å². The van der Waals surface area contributed by atoms with Crippen LogP contribution >= 0.6 is 11.8 Å². The van der Waals surface area contributed by atoms with Crippen molar-refractivity contribution in [3.63, 3.8) is 0 Å². The van der Waals surface area contributed by atoms with Crippen molar-refractivity contribution in [1.29, 1.82) is 0 Å². The number of anilines is 1. The Morgan fingerprint density at radius 2 is 1.79 bits per heavy atom. The van der Waals surface area contributed by atoms with Gasteiger partial charge in [-0.3, -0.25) is 9.59 Å². The quantitative estimate of drug-likeness (QED) is 0.337. The highest BCUT2D eigenvalue weighted by atomic mass is 32.2. The minimum Gasteiger partial charge on any atom is -0.508 e. The van der Waals surface area contributed by atoms with Gasteiger partial charge in [0.2, 0.25) is 11.8 Å². The van der Waals surface area contributed by atoms with Gasteiger partial charge in [-0.05, 0) is 61.0 Å². The number of carbonyl (C=O) groups is 2. The van der Waals surface area contributed by atoms with Crippen LogP contribution in [0, 0.1) is 0 Å². The van der Waals surface area contributed by atoms with Crippen molar-refractivity contribution in [2.75, 3.05) is 12.0 Å². The third kappa shape index (κ3) is 4.75. The van der Waals surface area contributed by atoms with Crippen LogP contribution in [-0.2, 0) is 9.59 Å². The summed E-state index contributed by atoms with van der Waals surface area (Å²) in [6, 6.07) is 13.2. The fourth-order valence-electron chi connectivity index (χ4n) is 2.75. The van der Waals surface area contributed by atoms with E-state index >= 15 is 0 Å². The first-order valence-electron chi connectivity index (χ1n) is 8.73. The van der Waals surface area contributed by atoms with E-state index in [-0.39, 0.29) is 29.2 Å². The Morgan fingerprint density at radius 1 is 1.14 bits per heavy atom. The standard InChI is InChI=1S/C20H20N4O4S/c1-12(13-3-7-15(25)8-4-13)22-23-20(21)29-17-11-18(26)24(19(17)27)14-5-9-16(28-2)10-6-14/h3-10,17,25H,11H2,1-2H3,(H2,21,23)/b22-12+/t17-/m0/s1. The molecular formula is C20H20N4O4S. The highest BCUT2D eigenvalue weighted by Crippen LogP contribution is 2.30. The van der Waals surface area contributed by atoms with Gasteiger partial charge in [-0.25, -0.2) is 4.90 Å². The van der Waals surface area contributed by atoms with Crippen LogP contribution in [0.15, 0.2) is 58.7 Å². The number of phenolic OH excluding ortho intramolecular Hbond substituents is 1. The predicted molar refractivity (Wildman–Crippen MR) is 113 cm³/mol. The van der Waals surface area contributed by atoms with Gasteiger partial charge in [0.25, 0.3) is 0 Å². The maximum atomic E-state index is 12.7. The first-order chi connectivity index (χ1) is 13.9. The lowest BCUT2D eigenvalue weighted by Crippen LogP contribution is -2.31. The van der Waals surface area contributed by atoms with E-state index in [0.29, 0.717) is 17.1 Å². The van der Waals surface area contributed by atoms with Gasteiger partial charge in [0.15, 0.2) is 5.17 Å². The molecular weight excluding hydrogens is 392 g/mol. The van der Waals surface area contributed by atoms with Gasteiger partial charge in [0.1, 0.15) is 16.7 Å². The molecule has 1 aliphatic heterocycles. The van der Waals surface area contributed by atoms with Crippen molar-refractivity contribution < 1.29 is 19.4 Å². The number of ether oxygens (including phenoxy) is 1. The van der Waals surface area contributed by atoms with Crippen LogP contribution in [-0.4, -0.2) is 40.2 Å². The first kappa shape index (κ1) is 20.4. The van der Waals surface area contributed by atoms with E-state index in [2.05, 4.69) is 10.2 Å². The largest absolute Gasteiger partial charge is 0.508 e. The highest BCUT2D eigenvalue weighted by Gasteiger charge is 2.40. The maximum absolute atomic E-state index is 12.7. The van der Waals surface area contributed by atoms with Gasteiger partial charge >= 0.3 is 0 Å². The fraction of sp³-hybridized carbons (Fsp3) is 0.200. The number of amidine groups is 1. The molecule has 0 bridgehead atoms. The zero-order valence-corrected chi connectivity index (χ0v) is 16.7. The number of thioether (sulfide) groups is 1. The topological polar surface area (TPSA) is 118 Å². The number of methoxy groups -OCH3 is 1. The fourth-order valence-corrected chi connectivity index (χ4v) is 3.56. The van der Waals surface area contributed by atoms with Crippen molar-refractivity contribution in [3.8, 4) is 11.5 Å². The Balaban J connectivity index is 1.68. The van der Waals surface area contributed by atoms with E-state index in [4.69, 9.17) is 10.5 Å². The molecule has 150 valence electrons. The molecule has 1 heterocycles. The molecule has 9 heteroatoms. The molecule has 0 radical (unpaired) electrons. The lowest BCUT2D eigenvalue weighted by molar-refractivity contribution is -0.121. The minimum atomic E-state index is -0.655. The van der Waals surface area contributed by atoms with Crippen molar-refractivity contribution in [3.05, 3.63) is 54.1 Å². The molecule has 0 saturated carbocycles. The second-order valence-corrected chi connectivity index (χ2v) is 7.47. The number of amides is 2. The minimum absolute atomic E-state index is 0.0341. The summed E-state index contributed by atoms with van der Waals surface area (Å²) >= 11 is 1.01. The van der Waals surface area contributed by atoms with Crippen molar-refractivity contribution >= 4 is 40.1 Å². The van der Waals surface area contributed by atoms with E-state index < -0.39 is 5.25 Å². The molecule has 2 aromatic carbocycles. The summed E-state index contributed by atoms with van der Waals surface area (Å²) in [6.07, 6.45) is 0.0341. The summed E-state index contributed by atoms with van der Waals surface area (Å²) in [5.74, 6) is 0.153. The van der Waals surface area contributed by atoms with Crippen molar-refractivity contribution in [2.24, 2.45) is 15.9 Å². The number of nitrogens with zero attached hydrogens (tertiary/aromatic N) is 3. The van der Waals surface area contributed by atoms with Crippen LogP contribution < -0.4 is 15.4 Å². The molecule has 1 fully saturated rings. The second kappa shape index (κ2) is 8.78. The van der Waals surface area contributed by atoms with Crippen LogP contribution in [0.3, 0.4) is 0 Å². The zero-order valence-electron chi connectivity index (χ0n) is 15.9. The number of carbonyl (C=O) groups excluding carboxylic acids is 2. The second-order valence-electron chi connectivity index (χ2n) is 6.25. The molecule has 0 aliphatic carbocycles. The number of imide groups is 1. The Labute approximate surface area is 172 Å². The lowest BCUT2D eigenvalue weighted by atomic mass is 10.1. The monoisotopic (exact) mass is 412 g/mol. The summed E-state index contributed by atoms with van der Waals surface area (Å²) in [4.78, 5) is 26.2. The molecule has 29 heavy (non-hydrogen) atoms. The summed E-state index contributed by atoms with van der Waals surface area (Å²) in [7, 11) is 1.54. The maximum Gasteiger partial charge on any atom is 0.247 e. The van der Waals surface area contributed by atoms with Gasteiger partial charge < -0.3 is 15.6 Å². The van der Waals surface area contributed by atoms with Gasteiger partial charge in [-0.15, -0.1) is 5.10 Å². The van der Waals surface area contributed by atoms with E-state index in [1.165, 1.54) is 0 Å². The van der Waals surface area contributed by atoms with Gasteiger partial charge in [0.05, 0.1) is 18.5 Å². The van der Waals surface area contributed by atoms with Crippen LogP contribution in [0.25, 0.3) is 0 Å². The van der Waals surface area contributed by atoms with E-state index in [0.717, 1.165) is 22.2 Å². The number of rotatable bonds is 5. The third-order valence-corrected chi connectivity index (χ3v) is 5.26. The molecule has 3 rings (SSSR count). The molecule has 0 spiro atoms. The number of benzene rings is 2. The Morgan fingerprint density at radius 3 is 2.41 bits per heavy atom. The number of phenols is 1. The van der Waals surface area contributed by atoms with Crippen molar-refractivity contribution in [2.45, 2.75) is 18.6 Å². The molecule has 2 amide bonds. The molecule has 1 aliphatic rings. The van der Waals surface area contributed by atoms with Gasteiger partial charge in [0, 0.05) is 6.42 Å². The predicted octanol–water partition coefficient (Wildman–Crippen LogP) is 2.50. The summed E-state index contributed by atoms with van der Waals surface area (Å²) in [5, 5.41) is 16.8. The molecule has 1 saturated heterocycles. The SMILES string of the molecule is COc1ccc(N2C(=O)C[C@H](SC(N)=N/N=C(\C)c3ccc(O)cc3)C2=O)cc1. The molecule has 3 N–H and O–H groups in total. The van der Waals surface area contributed by atoms with Crippen LogP contribution in [0.5, 0.6) is 11.5 Å². The molecule has 0 unspecified atom stereocenters. The smallest absolute Gasteiger partial charge is 0.247 e. The number of hydrogen-bond acceptors (Lipinski definition) is 7. The summed E-state index contributed by atoms with van der Waals surface area (Å²) < 4.78 is 5.09. The lowest BCUT2D eigenvalue weighted by Gasteiger charge is -2.15. The molecule has 1 atom stereocenters. The Kier molecular flexibility index (Phi) is 6.18. The Bertz CT molecular complexity index is 971. The van der Waals surface area contributed by atoms with E-state index in [1.54, 1.807) is 62.6 Å². The summed E-state index contributed by atoms with van der Waals surface area (Å²) in [5.41, 5.74) is 7.77. The molecule has 8 nitrogen and oxygen atoms in total. The Hall–Kier alpha value is -3.33. The molecule has 0 aromatic heterocycles. The van der Waals surface area contributed by atoms with Crippen LogP contribution in [0.4, 0.5) is 5.69 Å². The first-order valence-corrected chi connectivity index (χ1v) is 9.61. The third-order valence-electron chi connectivity index (χ3n) is 4.28. The normalized spacial score (nSPS) is 17.7. The van der Waals surface area contributed by atoms with Gasteiger partial charge in [-0.1, -0.05) is 11.8 Å². The van der Waals surface area contributed by atoms with E-state index in [9.17, 15) is 14.7 Å². The summed E-state index contributed by atoms with van der Waals surface area (Å²) in [6.45, 7) is 1.75. The van der Waals surface area contributed by atoms with Crippen LogP contribution in [0.2, 0.25) is 0 Å². The van der Waals surface area contributed by atoms with Gasteiger partial charge in [-0.2, -0.15) is 5.10 Å². The number of aromatic hydroxyl groups is 1. The number of nitrogens with two attached hydrogens (primary N) is 1. The number of hydrogen-bond donors (Lipinski definition) is 2. The highest BCUT2D eigenvalue weighted by molar-refractivity contribution is 8.14. The average Bonchev–Trinajstić information content (AvgIpc) is 2.99. The zero-order chi connectivity index (χ0) is 21.0.